The molecule has 1 heterocycles. The zero-order chi connectivity index (χ0) is 19.8. The third kappa shape index (κ3) is 5.77. The first kappa shape index (κ1) is 21.2. The minimum Gasteiger partial charge on any atom is -0.383 e. The smallest absolute Gasteiger partial charge is 0.234 e. The molecule has 1 N–H and O–H groups in total. The molecular formula is C22H34N2O4. The van der Waals surface area contributed by atoms with E-state index in [0.29, 0.717) is 26.4 Å². The summed E-state index contributed by atoms with van der Waals surface area (Å²) in [6, 6.07) is 10.8. The normalized spacial score (nSPS) is 20.5. The van der Waals surface area contributed by atoms with E-state index in [0.717, 1.165) is 38.6 Å². The van der Waals surface area contributed by atoms with E-state index in [-0.39, 0.29) is 23.8 Å². The van der Waals surface area contributed by atoms with E-state index in [1.54, 1.807) is 7.11 Å². The summed E-state index contributed by atoms with van der Waals surface area (Å²) in [5, 5.41) is 3.22. The lowest BCUT2D eigenvalue weighted by Crippen LogP contribution is -2.49. The second-order valence-corrected chi connectivity index (χ2v) is 7.81. The lowest BCUT2D eigenvalue weighted by atomic mass is 9.90. The number of hydrogen-bond donors (Lipinski definition) is 1. The molecular weight excluding hydrogens is 356 g/mol. The van der Waals surface area contributed by atoms with Crippen LogP contribution in [-0.4, -0.2) is 68.7 Å². The molecule has 0 unspecified atom stereocenters. The molecule has 2 aliphatic rings. The summed E-state index contributed by atoms with van der Waals surface area (Å²) in [4.78, 5) is 14.9. The van der Waals surface area contributed by atoms with Crippen molar-refractivity contribution in [3.8, 4) is 0 Å². The number of amides is 1. The number of hydrogen-bond acceptors (Lipinski definition) is 5. The van der Waals surface area contributed by atoms with Crippen LogP contribution in [0.25, 0.3) is 0 Å². The second-order valence-electron chi connectivity index (χ2n) is 7.81. The molecule has 1 aliphatic carbocycles. The number of carbonyl (C=O) groups is 1. The van der Waals surface area contributed by atoms with Crippen LogP contribution in [0.15, 0.2) is 30.3 Å². The lowest BCUT2D eigenvalue weighted by Gasteiger charge is -2.36. The Kier molecular flexibility index (Phi) is 7.85. The van der Waals surface area contributed by atoms with Gasteiger partial charge in [-0.2, -0.15) is 0 Å². The molecule has 1 aromatic rings. The van der Waals surface area contributed by atoms with Crippen molar-refractivity contribution in [2.45, 2.75) is 56.9 Å². The largest absolute Gasteiger partial charge is 0.383 e. The van der Waals surface area contributed by atoms with Gasteiger partial charge in [0.1, 0.15) is 0 Å². The first-order valence-corrected chi connectivity index (χ1v) is 10.5. The molecule has 1 aromatic carbocycles. The van der Waals surface area contributed by atoms with E-state index in [2.05, 4.69) is 41.4 Å². The van der Waals surface area contributed by atoms with Crippen LogP contribution in [0.5, 0.6) is 0 Å². The van der Waals surface area contributed by atoms with Crippen LogP contribution in [0.1, 0.15) is 38.2 Å². The third-order valence-corrected chi connectivity index (χ3v) is 5.87. The van der Waals surface area contributed by atoms with E-state index in [1.165, 1.54) is 5.56 Å². The maximum Gasteiger partial charge on any atom is 0.234 e. The predicted octanol–water partition coefficient (Wildman–Crippen LogP) is 2.37. The maximum atomic E-state index is 12.7. The van der Waals surface area contributed by atoms with Gasteiger partial charge in [-0.1, -0.05) is 37.3 Å². The van der Waals surface area contributed by atoms with Crippen molar-refractivity contribution < 1.29 is 19.0 Å². The number of nitrogens with zero attached hydrogens (tertiary/aromatic N) is 1. The number of ether oxygens (including phenoxy) is 3. The molecule has 0 bridgehead atoms. The fourth-order valence-electron chi connectivity index (χ4n) is 4.32. The van der Waals surface area contributed by atoms with Crippen LogP contribution < -0.4 is 5.32 Å². The van der Waals surface area contributed by atoms with Gasteiger partial charge in [-0.3, -0.25) is 9.69 Å². The lowest BCUT2D eigenvalue weighted by molar-refractivity contribution is -0.180. The molecule has 6 heteroatoms. The predicted molar refractivity (Wildman–Crippen MR) is 108 cm³/mol. The minimum atomic E-state index is -0.379. The average Bonchev–Trinajstić information content (AvgIpc) is 3.17. The molecule has 2 fully saturated rings. The van der Waals surface area contributed by atoms with Crippen molar-refractivity contribution in [2.24, 2.45) is 0 Å². The topological polar surface area (TPSA) is 60.0 Å². The molecule has 1 spiro atoms. The fourth-order valence-corrected chi connectivity index (χ4v) is 4.32. The van der Waals surface area contributed by atoms with Gasteiger partial charge in [0.05, 0.1) is 26.4 Å². The van der Waals surface area contributed by atoms with Crippen LogP contribution in [0.4, 0.5) is 0 Å². The molecule has 6 nitrogen and oxygen atoms in total. The van der Waals surface area contributed by atoms with Gasteiger partial charge in [0.25, 0.3) is 0 Å². The zero-order valence-corrected chi connectivity index (χ0v) is 17.2. The maximum absolute atomic E-state index is 12.7. The summed E-state index contributed by atoms with van der Waals surface area (Å²) >= 11 is 0. The van der Waals surface area contributed by atoms with E-state index in [9.17, 15) is 4.79 Å². The highest BCUT2D eigenvalue weighted by atomic mass is 16.7. The van der Waals surface area contributed by atoms with E-state index in [4.69, 9.17) is 14.2 Å². The molecule has 0 radical (unpaired) electrons. The fraction of sp³-hybridized carbons (Fsp3) is 0.682. The molecule has 1 atom stereocenters. The summed E-state index contributed by atoms with van der Waals surface area (Å²) in [5.74, 6) is -0.291. The standard InChI is InChI=1S/C22H34N2O4/c1-3-24(20(17-26-2)15-18-7-5-4-6-8-18)16-21(25)23-19-9-11-22(12-10-19)27-13-14-28-22/h4-8,19-20H,3,9-17H2,1-2H3,(H,23,25)/t20-/m0/s1. The van der Waals surface area contributed by atoms with Crippen LogP contribution in [0.3, 0.4) is 0 Å². The Balaban J connectivity index is 1.50. The van der Waals surface area contributed by atoms with Crippen molar-refractivity contribution in [3.63, 3.8) is 0 Å². The average molecular weight is 391 g/mol. The van der Waals surface area contributed by atoms with Crippen molar-refractivity contribution in [2.75, 3.05) is 40.0 Å². The van der Waals surface area contributed by atoms with Crippen molar-refractivity contribution >= 4 is 5.91 Å². The minimum absolute atomic E-state index is 0.0882. The Labute approximate surface area is 168 Å². The highest BCUT2D eigenvalue weighted by Crippen LogP contribution is 2.35. The van der Waals surface area contributed by atoms with E-state index >= 15 is 0 Å². The van der Waals surface area contributed by atoms with Gasteiger partial charge in [0, 0.05) is 32.0 Å². The molecule has 1 aliphatic heterocycles. The van der Waals surface area contributed by atoms with Crippen LogP contribution in [-0.2, 0) is 25.4 Å². The van der Waals surface area contributed by atoms with Gasteiger partial charge in [-0.15, -0.1) is 0 Å². The Morgan fingerprint density at radius 1 is 1.25 bits per heavy atom. The summed E-state index contributed by atoms with van der Waals surface area (Å²) < 4.78 is 17.0. The Hall–Kier alpha value is -1.47. The van der Waals surface area contributed by atoms with Gasteiger partial charge in [0.2, 0.25) is 5.91 Å². The van der Waals surface area contributed by atoms with Gasteiger partial charge < -0.3 is 19.5 Å². The van der Waals surface area contributed by atoms with Crippen molar-refractivity contribution in [1.82, 2.24) is 10.2 Å². The molecule has 1 saturated heterocycles. The molecule has 1 saturated carbocycles. The zero-order valence-electron chi connectivity index (χ0n) is 17.2. The highest BCUT2D eigenvalue weighted by Gasteiger charge is 2.40. The first-order valence-electron chi connectivity index (χ1n) is 10.5. The van der Waals surface area contributed by atoms with Gasteiger partial charge in [-0.05, 0) is 31.4 Å². The summed E-state index contributed by atoms with van der Waals surface area (Å²) in [6.45, 7) is 5.28. The molecule has 28 heavy (non-hydrogen) atoms. The summed E-state index contributed by atoms with van der Waals surface area (Å²) in [7, 11) is 1.72. The van der Waals surface area contributed by atoms with Gasteiger partial charge in [-0.25, -0.2) is 0 Å². The second kappa shape index (κ2) is 10.3. The van der Waals surface area contributed by atoms with Crippen LogP contribution in [0, 0.1) is 0 Å². The molecule has 0 aromatic heterocycles. The number of carbonyl (C=O) groups excluding carboxylic acids is 1. The number of likely N-dealkylation sites (N-methyl/N-ethyl adjacent to an activating group) is 1. The Morgan fingerprint density at radius 3 is 2.54 bits per heavy atom. The number of benzene rings is 1. The Morgan fingerprint density at radius 2 is 1.93 bits per heavy atom. The van der Waals surface area contributed by atoms with Gasteiger partial charge >= 0.3 is 0 Å². The highest BCUT2D eigenvalue weighted by molar-refractivity contribution is 5.78. The summed E-state index contributed by atoms with van der Waals surface area (Å²) in [6.07, 6.45) is 4.40. The van der Waals surface area contributed by atoms with E-state index in [1.807, 2.05) is 6.07 Å². The molecule has 3 rings (SSSR count). The molecule has 156 valence electrons. The Bertz CT molecular complexity index is 594. The quantitative estimate of drug-likeness (QED) is 0.701. The monoisotopic (exact) mass is 390 g/mol. The van der Waals surface area contributed by atoms with Crippen LogP contribution >= 0.6 is 0 Å². The summed E-state index contributed by atoms with van der Waals surface area (Å²) in [5.41, 5.74) is 1.26. The third-order valence-electron chi connectivity index (χ3n) is 5.87. The van der Waals surface area contributed by atoms with Crippen molar-refractivity contribution in [3.05, 3.63) is 35.9 Å². The van der Waals surface area contributed by atoms with Crippen LogP contribution in [0.2, 0.25) is 0 Å². The number of rotatable bonds is 9. The number of nitrogens with one attached hydrogen (secondary N) is 1. The SMILES string of the molecule is CCN(CC(=O)NC1CCC2(CC1)OCCO2)[C@H](COC)Cc1ccccc1. The molecule has 1 amide bonds. The number of methoxy groups -OCH3 is 1. The van der Waals surface area contributed by atoms with Crippen molar-refractivity contribution in [1.29, 1.82) is 0 Å². The first-order chi connectivity index (χ1) is 13.6. The van der Waals surface area contributed by atoms with E-state index < -0.39 is 0 Å². The van der Waals surface area contributed by atoms with Gasteiger partial charge in [0.15, 0.2) is 5.79 Å².